The maximum atomic E-state index is 12.7. The van der Waals surface area contributed by atoms with E-state index in [9.17, 15) is 9.59 Å². The molecule has 23 heavy (non-hydrogen) atoms. The quantitative estimate of drug-likeness (QED) is 0.878. The Balaban J connectivity index is 2.00. The van der Waals surface area contributed by atoms with E-state index < -0.39 is 5.97 Å². The molecule has 1 atom stereocenters. The maximum absolute atomic E-state index is 12.7. The number of carbonyl (C=O) groups is 2. The van der Waals surface area contributed by atoms with Gasteiger partial charge in [-0.1, -0.05) is 13.8 Å². The summed E-state index contributed by atoms with van der Waals surface area (Å²) < 4.78 is 11.1. The lowest BCUT2D eigenvalue weighted by Gasteiger charge is -2.37. The van der Waals surface area contributed by atoms with Crippen LogP contribution in [0.1, 0.15) is 20.3 Å². The molecule has 0 saturated heterocycles. The van der Waals surface area contributed by atoms with Crippen molar-refractivity contribution in [1.82, 2.24) is 0 Å². The third kappa shape index (κ3) is 2.91. The van der Waals surface area contributed by atoms with E-state index in [1.807, 2.05) is 19.9 Å². The first kappa shape index (κ1) is 15.5. The highest BCUT2D eigenvalue weighted by Gasteiger charge is 2.35. The van der Waals surface area contributed by atoms with Gasteiger partial charge in [0.15, 0.2) is 11.5 Å². The van der Waals surface area contributed by atoms with Crippen molar-refractivity contribution in [3.05, 3.63) is 12.1 Å². The van der Waals surface area contributed by atoms with Crippen LogP contribution in [0.4, 0.5) is 11.4 Å². The zero-order valence-electron chi connectivity index (χ0n) is 13.2. The Morgan fingerprint density at radius 1 is 1.35 bits per heavy atom. The van der Waals surface area contributed by atoms with Gasteiger partial charge in [-0.25, -0.2) is 0 Å². The number of carboxylic acids is 1. The molecular weight excluding hydrogens is 300 g/mol. The summed E-state index contributed by atoms with van der Waals surface area (Å²) >= 11 is 0. The molecule has 0 spiro atoms. The monoisotopic (exact) mass is 320 g/mol. The van der Waals surface area contributed by atoms with Crippen LogP contribution in [0.25, 0.3) is 0 Å². The molecule has 2 aliphatic rings. The number of aliphatic carboxylic acids is 1. The van der Waals surface area contributed by atoms with Crippen molar-refractivity contribution in [1.29, 1.82) is 0 Å². The molecule has 1 amide bonds. The molecule has 1 aromatic rings. The standard InChI is InChI=1S/C16H20N2O5/c1-9(2)15-16(21)18(4-3-14(19)20)11-8-13-12(7-10(11)17-15)22-5-6-23-13/h7-9,15,17H,3-6H2,1-2H3,(H,19,20). The molecular formula is C16H20N2O5. The predicted octanol–water partition coefficient (Wildman–Crippen LogP) is 1.72. The van der Waals surface area contributed by atoms with Crippen molar-refractivity contribution in [3.63, 3.8) is 0 Å². The van der Waals surface area contributed by atoms with Crippen LogP contribution in [0, 0.1) is 5.92 Å². The van der Waals surface area contributed by atoms with Crippen molar-refractivity contribution in [2.75, 3.05) is 30.0 Å². The zero-order valence-corrected chi connectivity index (χ0v) is 13.2. The Bertz CT molecular complexity index is 644. The van der Waals surface area contributed by atoms with Gasteiger partial charge in [-0.3, -0.25) is 9.59 Å². The lowest BCUT2D eigenvalue weighted by atomic mass is 9.98. The van der Waals surface area contributed by atoms with Crippen LogP contribution in [0.2, 0.25) is 0 Å². The van der Waals surface area contributed by atoms with Crippen LogP contribution in [-0.4, -0.2) is 42.8 Å². The van der Waals surface area contributed by atoms with Gasteiger partial charge in [0.05, 0.1) is 17.8 Å². The van der Waals surface area contributed by atoms with Gasteiger partial charge in [0, 0.05) is 18.7 Å². The first-order valence-electron chi connectivity index (χ1n) is 7.70. The van der Waals surface area contributed by atoms with E-state index in [2.05, 4.69) is 5.32 Å². The summed E-state index contributed by atoms with van der Waals surface area (Å²) in [4.78, 5) is 25.1. The van der Waals surface area contributed by atoms with E-state index in [1.54, 1.807) is 6.07 Å². The van der Waals surface area contributed by atoms with Gasteiger partial charge in [-0.2, -0.15) is 0 Å². The number of nitrogens with one attached hydrogen (secondary N) is 1. The number of fused-ring (bicyclic) bond motifs is 2. The molecule has 2 heterocycles. The lowest BCUT2D eigenvalue weighted by molar-refractivity contribution is -0.136. The molecule has 0 aromatic heterocycles. The van der Waals surface area contributed by atoms with Gasteiger partial charge < -0.3 is 24.8 Å². The molecule has 0 radical (unpaired) electrons. The Morgan fingerprint density at radius 3 is 2.61 bits per heavy atom. The average Bonchev–Trinajstić information content (AvgIpc) is 2.51. The molecule has 7 heteroatoms. The predicted molar refractivity (Wildman–Crippen MR) is 84.3 cm³/mol. The number of rotatable bonds is 4. The molecule has 1 unspecified atom stereocenters. The Kier molecular flexibility index (Phi) is 4.02. The minimum Gasteiger partial charge on any atom is -0.486 e. The van der Waals surface area contributed by atoms with E-state index in [0.717, 1.165) is 5.69 Å². The Labute approximate surface area is 134 Å². The number of benzene rings is 1. The van der Waals surface area contributed by atoms with Gasteiger partial charge in [-0.05, 0) is 5.92 Å². The molecule has 3 rings (SSSR count). The van der Waals surface area contributed by atoms with E-state index in [0.29, 0.717) is 30.4 Å². The fourth-order valence-electron chi connectivity index (χ4n) is 2.82. The van der Waals surface area contributed by atoms with E-state index >= 15 is 0 Å². The summed E-state index contributed by atoms with van der Waals surface area (Å²) in [5.74, 6) is 0.239. The summed E-state index contributed by atoms with van der Waals surface area (Å²) in [6.07, 6.45) is -0.107. The SMILES string of the molecule is CC(C)C1Nc2cc3c(cc2N(CCC(=O)O)C1=O)OCCO3. The summed E-state index contributed by atoms with van der Waals surface area (Å²) in [7, 11) is 0. The first-order valence-corrected chi connectivity index (χ1v) is 7.70. The van der Waals surface area contributed by atoms with Gasteiger partial charge in [0.1, 0.15) is 19.3 Å². The van der Waals surface area contributed by atoms with Crippen molar-refractivity contribution in [3.8, 4) is 11.5 Å². The topological polar surface area (TPSA) is 88.1 Å². The van der Waals surface area contributed by atoms with Gasteiger partial charge in [-0.15, -0.1) is 0 Å². The van der Waals surface area contributed by atoms with E-state index in [4.69, 9.17) is 14.6 Å². The Morgan fingerprint density at radius 2 is 2.00 bits per heavy atom. The number of carbonyl (C=O) groups excluding carboxylic acids is 1. The minimum atomic E-state index is -0.934. The first-order chi connectivity index (χ1) is 11.0. The molecule has 0 bridgehead atoms. The molecule has 0 fully saturated rings. The van der Waals surface area contributed by atoms with Crippen LogP contribution in [0.15, 0.2) is 12.1 Å². The molecule has 124 valence electrons. The highest BCUT2D eigenvalue weighted by molar-refractivity contribution is 6.06. The van der Waals surface area contributed by atoms with Gasteiger partial charge >= 0.3 is 5.97 Å². The summed E-state index contributed by atoms with van der Waals surface area (Å²) in [6, 6.07) is 3.17. The smallest absolute Gasteiger partial charge is 0.305 e. The van der Waals surface area contributed by atoms with Gasteiger partial charge in [0.2, 0.25) is 5.91 Å². The summed E-state index contributed by atoms with van der Waals surface area (Å²) in [6.45, 7) is 4.98. The normalized spacial score (nSPS) is 19.3. The maximum Gasteiger partial charge on any atom is 0.305 e. The van der Waals surface area contributed by atoms with Crippen LogP contribution in [-0.2, 0) is 9.59 Å². The number of carboxylic acid groups (broad SMARTS) is 1. The van der Waals surface area contributed by atoms with Crippen molar-refractivity contribution in [2.24, 2.45) is 5.92 Å². The molecule has 0 aliphatic carbocycles. The van der Waals surface area contributed by atoms with Crippen molar-refractivity contribution in [2.45, 2.75) is 26.3 Å². The third-order valence-electron chi connectivity index (χ3n) is 4.01. The van der Waals surface area contributed by atoms with Crippen LogP contribution >= 0.6 is 0 Å². The van der Waals surface area contributed by atoms with Crippen molar-refractivity contribution >= 4 is 23.3 Å². The Hall–Kier alpha value is -2.44. The molecule has 0 saturated carbocycles. The average molecular weight is 320 g/mol. The van der Waals surface area contributed by atoms with Crippen LogP contribution in [0.3, 0.4) is 0 Å². The number of hydrogen-bond donors (Lipinski definition) is 2. The fraction of sp³-hybridized carbons (Fsp3) is 0.500. The second-order valence-corrected chi connectivity index (χ2v) is 6.01. The van der Waals surface area contributed by atoms with E-state index in [1.165, 1.54) is 4.90 Å². The number of amides is 1. The molecule has 2 aliphatic heterocycles. The van der Waals surface area contributed by atoms with Crippen molar-refractivity contribution < 1.29 is 24.2 Å². The summed E-state index contributed by atoms with van der Waals surface area (Å²) in [5.41, 5.74) is 1.40. The van der Waals surface area contributed by atoms with Gasteiger partial charge in [0.25, 0.3) is 0 Å². The highest BCUT2D eigenvalue weighted by Crippen LogP contribution is 2.43. The largest absolute Gasteiger partial charge is 0.486 e. The fourth-order valence-corrected chi connectivity index (χ4v) is 2.82. The summed E-state index contributed by atoms with van der Waals surface area (Å²) in [5, 5.41) is 12.2. The number of nitrogens with zero attached hydrogens (tertiary/aromatic N) is 1. The molecule has 7 nitrogen and oxygen atoms in total. The number of anilines is 2. The lowest BCUT2D eigenvalue weighted by Crippen LogP contribution is -2.50. The van der Waals surface area contributed by atoms with Crippen LogP contribution < -0.4 is 19.7 Å². The minimum absolute atomic E-state index is 0.0798. The number of hydrogen-bond acceptors (Lipinski definition) is 5. The second kappa shape index (κ2) is 5.98. The molecule has 2 N–H and O–H groups in total. The molecule has 1 aromatic carbocycles. The number of ether oxygens (including phenoxy) is 2. The van der Waals surface area contributed by atoms with E-state index in [-0.39, 0.29) is 30.8 Å². The van der Waals surface area contributed by atoms with Crippen LogP contribution in [0.5, 0.6) is 11.5 Å². The highest BCUT2D eigenvalue weighted by atomic mass is 16.6. The second-order valence-electron chi connectivity index (χ2n) is 6.01. The zero-order chi connectivity index (χ0) is 16.6. The third-order valence-corrected chi connectivity index (χ3v) is 4.01.